The maximum atomic E-state index is 12.1. The summed E-state index contributed by atoms with van der Waals surface area (Å²) < 4.78 is 1.55. The van der Waals surface area contributed by atoms with E-state index in [1.54, 1.807) is 29.9 Å². The van der Waals surface area contributed by atoms with Crippen molar-refractivity contribution in [2.45, 2.75) is 13.3 Å². The molecule has 0 saturated carbocycles. The molecule has 0 fully saturated rings. The maximum absolute atomic E-state index is 12.1. The first-order valence-corrected chi connectivity index (χ1v) is 6.76. The smallest absolute Gasteiger partial charge is 0.322 e. The Hall–Kier alpha value is -2.96. The SMILES string of the molecule is CCc1cc(C(=O)ON2C(=O)c3ccccc3C2=O)nn1C. The molecule has 1 aromatic carbocycles. The molecule has 0 spiro atoms. The van der Waals surface area contributed by atoms with Gasteiger partial charge in [0.15, 0.2) is 5.69 Å². The van der Waals surface area contributed by atoms with Crippen LogP contribution in [0.3, 0.4) is 0 Å². The Morgan fingerprint density at radius 1 is 1.18 bits per heavy atom. The lowest BCUT2D eigenvalue weighted by atomic mass is 10.1. The zero-order chi connectivity index (χ0) is 15.9. The van der Waals surface area contributed by atoms with Crippen molar-refractivity contribution in [3.05, 3.63) is 52.8 Å². The van der Waals surface area contributed by atoms with Crippen molar-refractivity contribution in [2.75, 3.05) is 0 Å². The molecule has 0 bridgehead atoms. The van der Waals surface area contributed by atoms with Gasteiger partial charge in [0.2, 0.25) is 0 Å². The normalized spacial score (nSPS) is 13.5. The van der Waals surface area contributed by atoms with Crippen LogP contribution in [0.15, 0.2) is 30.3 Å². The molecule has 7 nitrogen and oxygen atoms in total. The van der Waals surface area contributed by atoms with Crippen LogP contribution >= 0.6 is 0 Å². The summed E-state index contributed by atoms with van der Waals surface area (Å²) in [5.41, 5.74) is 1.33. The monoisotopic (exact) mass is 299 g/mol. The van der Waals surface area contributed by atoms with E-state index in [0.29, 0.717) is 11.5 Å². The van der Waals surface area contributed by atoms with Crippen LogP contribution in [0.2, 0.25) is 0 Å². The standard InChI is InChI=1S/C15H13N3O4/c1-3-9-8-12(16-17(9)2)15(21)22-18-13(19)10-6-4-5-7-11(10)14(18)20/h4-8H,3H2,1-2H3. The van der Waals surface area contributed by atoms with Crippen molar-refractivity contribution in [2.24, 2.45) is 7.05 Å². The molecule has 22 heavy (non-hydrogen) atoms. The quantitative estimate of drug-likeness (QED) is 0.799. The van der Waals surface area contributed by atoms with Crippen molar-refractivity contribution < 1.29 is 19.2 Å². The van der Waals surface area contributed by atoms with Crippen LogP contribution in [0.1, 0.15) is 43.8 Å². The van der Waals surface area contributed by atoms with Crippen molar-refractivity contribution >= 4 is 17.8 Å². The number of amides is 2. The van der Waals surface area contributed by atoms with E-state index in [9.17, 15) is 14.4 Å². The number of hydrogen-bond donors (Lipinski definition) is 0. The van der Waals surface area contributed by atoms with Gasteiger partial charge in [-0.05, 0) is 24.6 Å². The number of nitrogens with zero attached hydrogens (tertiary/aromatic N) is 3. The molecule has 2 aromatic rings. The first-order valence-electron chi connectivity index (χ1n) is 6.76. The summed E-state index contributed by atoms with van der Waals surface area (Å²) in [6.07, 6.45) is 0.698. The predicted molar refractivity (Wildman–Crippen MR) is 74.9 cm³/mol. The van der Waals surface area contributed by atoms with Gasteiger partial charge in [-0.1, -0.05) is 24.1 Å². The predicted octanol–water partition coefficient (Wildman–Crippen LogP) is 1.35. The summed E-state index contributed by atoms with van der Waals surface area (Å²) >= 11 is 0. The second-order valence-electron chi connectivity index (χ2n) is 4.83. The molecule has 0 radical (unpaired) electrons. The van der Waals surface area contributed by atoms with E-state index in [1.165, 1.54) is 12.1 Å². The molecule has 0 saturated heterocycles. The van der Waals surface area contributed by atoms with Gasteiger partial charge in [-0.3, -0.25) is 14.3 Å². The van der Waals surface area contributed by atoms with Crippen LogP contribution in [0, 0.1) is 0 Å². The summed E-state index contributed by atoms with van der Waals surface area (Å²) in [7, 11) is 1.71. The molecular formula is C15H13N3O4. The highest BCUT2D eigenvalue weighted by atomic mass is 16.7. The minimum absolute atomic E-state index is 0.0518. The van der Waals surface area contributed by atoms with Crippen LogP contribution in [0.5, 0.6) is 0 Å². The highest BCUT2D eigenvalue weighted by molar-refractivity contribution is 6.21. The molecule has 7 heteroatoms. The molecule has 0 N–H and O–H groups in total. The van der Waals surface area contributed by atoms with E-state index < -0.39 is 17.8 Å². The van der Waals surface area contributed by atoms with Gasteiger partial charge in [0.1, 0.15) is 0 Å². The summed E-state index contributed by atoms with van der Waals surface area (Å²) in [6.45, 7) is 1.93. The Kier molecular flexibility index (Phi) is 3.25. The summed E-state index contributed by atoms with van der Waals surface area (Å²) in [6, 6.07) is 7.88. The van der Waals surface area contributed by atoms with E-state index in [4.69, 9.17) is 4.84 Å². The summed E-state index contributed by atoms with van der Waals surface area (Å²) in [4.78, 5) is 41.2. The minimum atomic E-state index is -0.843. The van der Waals surface area contributed by atoms with Gasteiger partial charge in [0.25, 0.3) is 11.8 Å². The van der Waals surface area contributed by atoms with Crippen LogP contribution < -0.4 is 0 Å². The van der Waals surface area contributed by atoms with Gasteiger partial charge < -0.3 is 4.84 Å². The number of carbonyl (C=O) groups excluding carboxylic acids is 3. The van der Waals surface area contributed by atoms with Crippen molar-refractivity contribution in [3.8, 4) is 0 Å². The third-order valence-corrected chi connectivity index (χ3v) is 3.48. The zero-order valence-corrected chi connectivity index (χ0v) is 12.1. The Balaban J connectivity index is 1.83. The number of imide groups is 1. The van der Waals surface area contributed by atoms with Crippen LogP contribution in [0.4, 0.5) is 0 Å². The lowest BCUT2D eigenvalue weighted by Gasteiger charge is -2.11. The van der Waals surface area contributed by atoms with E-state index in [1.807, 2.05) is 6.92 Å². The van der Waals surface area contributed by atoms with Crippen LogP contribution in [-0.2, 0) is 18.3 Å². The molecule has 1 aromatic heterocycles. The van der Waals surface area contributed by atoms with Crippen molar-refractivity contribution in [1.29, 1.82) is 0 Å². The van der Waals surface area contributed by atoms with Gasteiger partial charge in [-0.2, -0.15) is 5.10 Å². The number of hydrogen-bond acceptors (Lipinski definition) is 5. The van der Waals surface area contributed by atoms with Crippen LogP contribution in [-0.4, -0.2) is 32.6 Å². The first kappa shape index (κ1) is 14.0. The number of fused-ring (bicyclic) bond motifs is 1. The Morgan fingerprint density at radius 2 is 1.77 bits per heavy atom. The lowest BCUT2D eigenvalue weighted by Crippen LogP contribution is -2.32. The molecule has 2 amide bonds. The Morgan fingerprint density at radius 3 is 2.27 bits per heavy atom. The lowest BCUT2D eigenvalue weighted by molar-refractivity contribution is -0.0588. The van der Waals surface area contributed by atoms with Gasteiger partial charge in [0, 0.05) is 12.7 Å². The van der Waals surface area contributed by atoms with E-state index >= 15 is 0 Å². The van der Waals surface area contributed by atoms with Gasteiger partial charge >= 0.3 is 5.97 Å². The fourth-order valence-corrected chi connectivity index (χ4v) is 2.32. The molecule has 0 atom stereocenters. The molecule has 1 aliphatic heterocycles. The average molecular weight is 299 g/mol. The maximum Gasteiger partial charge on any atom is 0.384 e. The second-order valence-corrected chi connectivity index (χ2v) is 4.83. The molecule has 112 valence electrons. The Labute approximate surface area is 126 Å². The average Bonchev–Trinajstić information content (AvgIpc) is 3.01. The van der Waals surface area contributed by atoms with Gasteiger partial charge in [0.05, 0.1) is 11.1 Å². The fraction of sp³-hybridized carbons (Fsp3) is 0.200. The van der Waals surface area contributed by atoms with Crippen molar-refractivity contribution in [3.63, 3.8) is 0 Å². The third kappa shape index (κ3) is 2.07. The van der Waals surface area contributed by atoms with Crippen LogP contribution in [0.25, 0.3) is 0 Å². The highest BCUT2D eigenvalue weighted by Gasteiger charge is 2.39. The summed E-state index contributed by atoms with van der Waals surface area (Å²) in [5, 5.41) is 4.49. The van der Waals surface area contributed by atoms with E-state index in [2.05, 4.69) is 5.10 Å². The number of benzene rings is 1. The van der Waals surface area contributed by atoms with E-state index in [0.717, 1.165) is 5.69 Å². The minimum Gasteiger partial charge on any atom is -0.322 e. The number of hydroxylamine groups is 2. The second kappa shape index (κ2) is 5.10. The number of aryl methyl sites for hydroxylation is 2. The number of aromatic nitrogens is 2. The molecular weight excluding hydrogens is 286 g/mol. The first-order chi connectivity index (χ1) is 10.5. The fourth-order valence-electron chi connectivity index (χ4n) is 2.32. The summed E-state index contributed by atoms with van der Waals surface area (Å²) in [5.74, 6) is -2.15. The largest absolute Gasteiger partial charge is 0.384 e. The highest BCUT2D eigenvalue weighted by Crippen LogP contribution is 2.23. The molecule has 3 rings (SSSR count). The molecule has 1 aliphatic rings. The molecule has 0 aliphatic carbocycles. The molecule has 2 heterocycles. The zero-order valence-electron chi connectivity index (χ0n) is 12.1. The third-order valence-electron chi connectivity index (χ3n) is 3.48. The number of rotatable bonds is 3. The number of carbonyl (C=O) groups is 3. The van der Waals surface area contributed by atoms with Gasteiger partial charge in [-0.15, -0.1) is 0 Å². The topological polar surface area (TPSA) is 81.5 Å². The molecule has 0 unspecified atom stereocenters. The van der Waals surface area contributed by atoms with E-state index in [-0.39, 0.29) is 16.8 Å². The van der Waals surface area contributed by atoms with Crippen molar-refractivity contribution in [1.82, 2.24) is 14.8 Å². The Bertz CT molecular complexity index is 759. The van der Waals surface area contributed by atoms with Gasteiger partial charge in [-0.25, -0.2) is 4.79 Å².